The molecular formula is C19H16N4O3S. The van der Waals surface area contributed by atoms with Crippen molar-refractivity contribution in [2.45, 2.75) is 11.4 Å². The molecule has 0 fully saturated rings. The lowest BCUT2D eigenvalue weighted by molar-refractivity contribution is 0.590. The van der Waals surface area contributed by atoms with Crippen LogP contribution in [0.1, 0.15) is 5.56 Å². The van der Waals surface area contributed by atoms with E-state index in [0.29, 0.717) is 16.7 Å². The molecule has 0 saturated heterocycles. The summed E-state index contributed by atoms with van der Waals surface area (Å²) < 4.78 is 28.1. The number of benzene rings is 2. The van der Waals surface area contributed by atoms with Crippen molar-refractivity contribution < 1.29 is 8.42 Å². The molecule has 2 aromatic heterocycles. The van der Waals surface area contributed by atoms with E-state index < -0.39 is 10.0 Å². The molecule has 0 spiro atoms. The Balaban J connectivity index is 1.82. The first-order valence-electron chi connectivity index (χ1n) is 8.23. The number of hydrogen-bond donors (Lipinski definition) is 2. The zero-order valence-electron chi connectivity index (χ0n) is 14.2. The number of sulfonamides is 1. The smallest absolute Gasteiger partial charge is 0.306 e. The number of hydrogen-bond acceptors (Lipinski definition) is 4. The standard InChI is InChI=1S/C19H16N4O3S/c24-19-21-17-9-8-16(11-18(17)22-19)27(25,26)23(15-6-2-1-3-7-15)13-14-5-4-10-20-12-14/h1-12H,13H2,(H2,21,22,24). The molecule has 0 aliphatic rings. The number of anilines is 1. The van der Waals surface area contributed by atoms with Crippen LogP contribution >= 0.6 is 0 Å². The highest BCUT2D eigenvalue weighted by molar-refractivity contribution is 7.92. The van der Waals surface area contributed by atoms with Gasteiger partial charge in [0.15, 0.2) is 0 Å². The number of pyridine rings is 1. The van der Waals surface area contributed by atoms with Gasteiger partial charge in [0.25, 0.3) is 10.0 Å². The average Bonchev–Trinajstić information content (AvgIpc) is 3.06. The highest BCUT2D eigenvalue weighted by atomic mass is 32.2. The van der Waals surface area contributed by atoms with Crippen molar-refractivity contribution >= 4 is 26.7 Å². The lowest BCUT2D eigenvalue weighted by atomic mass is 10.2. The molecule has 27 heavy (non-hydrogen) atoms. The monoisotopic (exact) mass is 380 g/mol. The molecule has 0 unspecified atom stereocenters. The lowest BCUT2D eigenvalue weighted by Crippen LogP contribution is -2.30. The molecule has 0 bridgehead atoms. The van der Waals surface area contributed by atoms with Gasteiger partial charge in [-0.2, -0.15) is 0 Å². The Morgan fingerprint density at radius 2 is 1.70 bits per heavy atom. The number of nitrogens with one attached hydrogen (secondary N) is 2. The molecule has 2 heterocycles. The molecule has 2 aromatic carbocycles. The van der Waals surface area contributed by atoms with Crippen molar-refractivity contribution in [2.24, 2.45) is 0 Å². The van der Waals surface area contributed by atoms with Gasteiger partial charge in [-0.1, -0.05) is 24.3 Å². The van der Waals surface area contributed by atoms with Crippen molar-refractivity contribution in [3.05, 3.63) is 89.1 Å². The summed E-state index contributed by atoms with van der Waals surface area (Å²) in [7, 11) is -3.86. The van der Waals surface area contributed by atoms with Crippen LogP contribution in [0.25, 0.3) is 11.0 Å². The zero-order valence-corrected chi connectivity index (χ0v) is 15.0. The van der Waals surface area contributed by atoms with Gasteiger partial charge in [0, 0.05) is 12.4 Å². The van der Waals surface area contributed by atoms with Gasteiger partial charge in [0.05, 0.1) is 28.2 Å². The van der Waals surface area contributed by atoms with E-state index in [2.05, 4.69) is 15.0 Å². The van der Waals surface area contributed by atoms with Gasteiger partial charge in [-0.05, 0) is 42.0 Å². The van der Waals surface area contributed by atoms with E-state index in [1.165, 1.54) is 16.4 Å². The number of aromatic amines is 2. The number of rotatable bonds is 5. The molecule has 0 aliphatic carbocycles. The molecule has 0 saturated carbocycles. The lowest BCUT2D eigenvalue weighted by Gasteiger charge is -2.24. The third kappa shape index (κ3) is 3.34. The van der Waals surface area contributed by atoms with E-state index in [0.717, 1.165) is 5.56 Å². The molecule has 0 radical (unpaired) electrons. The largest absolute Gasteiger partial charge is 0.323 e. The molecule has 4 aromatic rings. The van der Waals surface area contributed by atoms with Crippen LogP contribution < -0.4 is 9.99 Å². The molecule has 7 nitrogen and oxygen atoms in total. The summed E-state index contributed by atoms with van der Waals surface area (Å²) in [5.41, 5.74) is 1.92. The number of para-hydroxylation sites is 1. The molecule has 0 atom stereocenters. The zero-order chi connectivity index (χ0) is 18.9. The van der Waals surface area contributed by atoms with Crippen molar-refractivity contribution in [2.75, 3.05) is 4.31 Å². The second-order valence-electron chi connectivity index (χ2n) is 6.00. The third-order valence-corrected chi connectivity index (χ3v) is 5.94. The van der Waals surface area contributed by atoms with Crippen molar-refractivity contribution in [3.63, 3.8) is 0 Å². The predicted octanol–water partition coefficient (Wildman–Crippen LogP) is 2.65. The highest BCUT2D eigenvalue weighted by Crippen LogP contribution is 2.26. The summed E-state index contributed by atoms with van der Waals surface area (Å²) in [5.74, 6) is 0. The first kappa shape index (κ1) is 17.0. The fourth-order valence-corrected chi connectivity index (χ4v) is 4.35. The summed E-state index contributed by atoms with van der Waals surface area (Å²) in [5, 5.41) is 0. The topological polar surface area (TPSA) is 98.9 Å². The molecular weight excluding hydrogens is 364 g/mol. The fraction of sp³-hybridized carbons (Fsp3) is 0.0526. The van der Waals surface area contributed by atoms with Gasteiger partial charge in [-0.15, -0.1) is 0 Å². The SMILES string of the molecule is O=c1[nH]c2ccc(S(=O)(=O)N(Cc3cccnc3)c3ccccc3)cc2[nH]1. The van der Waals surface area contributed by atoms with Crippen LogP contribution in [0.3, 0.4) is 0 Å². The summed E-state index contributed by atoms with van der Waals surface area (Å²) in [6, 6.07) is 17.0. The molecule has 2 N–H and O–H groups in total. The molecule has 0 aliphatic heterocycles. The number of H-pyrrole nitrogens is 2. The first-order valence-corrected chi connectivity index (χ1v) is 9.67. The van der Waals surface area contributed by atoms with Gasteiger partial charge in [-0.3, -0.25) is 9.29 Å². The summed E-state index contributed by atoms with van der Waals surface area (Å²) in [4.78, 5) is 20.8. The number of fused-ring (bicyclic) bond motifs is 1. The summed E-state index contributed by atoms with van der Waals surface area (Å²) >= 11 is 0. The van der Waals surface area contributed by atoms with Gasteiger partial charge >= 0.3 is 5.69 Å². The average molecular weight is 380 g/mol. The summed E-state index contributed by atoms with van der Waals surface area (Å²) in [6.07, 6.45) is 3.28. The van der Waals surface area contributed by atoms with Crippen LogP contribution in [0, 0.1) is 0 Å². The third-order valence-electron chi connectivity index (χ3n) is 4.17. The number of nitrogens with zero attached hydrogens (tertiary/aromatic N) is 2. The minimum atomic E-state index is -3.86. The van der Waals surface area contributed by atoms with E-state index in [1.807, 2.05) is 12.1 Å². The molecule has 4 rings (SSSR count). The Morgan fingerprint density at radius 1 is 0.926 bits per heavy atom. The minimum Gasteiger partial charge on any atom is -0.306 e. The Kier molecular flexibility index (Phi) is 4.25. The quantitative estimate of drug-likeness (QED) is 0.556. The maximum atomic E-state index is 13.4. The predicted molar refractivity (Wildman–Crippen MR) is 103 cm³/mol. The van der Waals surface area contributed by atoms with Crippen molar-refractivity contribution in [1.82, 2.24) is 15.0 Å². The van der Waals surface area contributed by atoms with Crippen LogP contribution in [0.15, 0.2) is 82.7 Å². The van der Waals surface area contributed by atoms with Crippen LogP contribution in [0.4, 0.5) is 5.69 Å². The summed E-state index contributed by atoms with van der Waals surface area (Å²) in [6.45, 7) is 0.141. The van der Waals surface area contributed by atoms with Gasteiger partial charge < -0.3 is 9.97 Å². The van der Waals surface area contributed by atoms with Crippen molar-refractivity contribution in [1.29, 1.82) is 0 Å². The Labute approximate surface area is 155 Å². The first-order chi connectivity index (χ1) is 13.0. The van der Waals surface area contributed by atoms with Crippen molar-refractivity contribution in [3.8, 4) is 0 Å². The van der Waals surface area contributed by atoms with E-state index in [4.69, 9.17) is 0 Å². The maximum Gasteiger partial charge on any atom is 0.323 e. The minimum absolute atomic E-state index is 0.0954. The van der Waals surface area contributed by atoms with Gasteiger partial charge in [-0.25, -0.2) is 13.2 Å². The van der Waals surface area contributed by atoms with Crippen LogP contribution in [-0.4, -0.2) is 23.4 Å². The van der Waals surface area contributed by atoms with Crippen LogP contribution in [0.5, 0.6) is 0 Å². The molecule has 8 heteroatoms. The Morgan fingerprint density at radius 3 is 2.44 bits per heavy atom. The fourth-order valence-electron chi connectivity index (χ4n) is 2.87. The van der Waals surface area contributed by atoms with E-state index >= 15 is 0 Å². The van der Waals surface area contributed by atoms with E-state index in [-0.39, 0.29) is 17.1 Å². The van der Waals surface area contributed by atoms with E-state index in [1.54, 1.807) is 48.8 Å². The second kappa shape index (κ2) is 6.73. The normalized spacial score (nSPS) is 11.6. The van der Waals surface area contributed by atoms with Gasteiger partial charge in [0.1, 0.15) is 0 Å². The Hall–Kier alpha value is -3.39. The molecule has 0 amide bonds. The van der Waals surface area contributed by atoms with Crippen LogP contribution in [-0.2, 0) is 16.6 Å². The Bertz CT molecular complexity index is 1230. The number of aromatic nitrogens is 3. The second-order valence-corrected chi connectivity index (χ2v) is 7.86. The van der Waals surface area contributed by atoms with Gasteiger partial charge in [0.2, 0.25) is 0 Å². The number of imidazole rings is 1. The highest BCUT2D eigenvalue weighted by Gasteiger charge is 2.25. The maximum absolute atomic E-state index is 13.4. The van der Waals surface area contributed by atoms with E-state index in [9.17, 15) is 13.2 Å². The van der Waals surface area contributed by atoms with Crippen LogP contribution in [0.2, 0.25) is 0 Å². The molecule has 136 valence electrons.